The van der Waals surface area contributed by atoms with Crippen LogP contribution in [-0.4, -0.2) is 51.0 Å². The normalized spacial score (nSPS) is 14.8. The second-order valence-electron chi connectivity index (χ2n) is 8.01. The highest BCUT2D eigenvalue weighted by Gasteiger charge is 2.40. The van der Waals surface area contributed by atoms with Gasteiger partial charge in [0.25, 0.3) is 0 Å². The van der Waals surface area contributed by atoms with E-state index in [-0.39, 0.29) is 24.2 Å². The van der Waals surface area contributed by atoms with Crippen molar-refractivity contribution in [1.29, 1.82) is 0 Å². The van der Waals surface area contributed by atoms with Crippen molar-refractivity contribution in [2.45, 2.75) is 18.3 Å². The number of alkyl halides is 3. The lowest BCUT2D eigenvalue weighted by molar-refractivity contribution is -0.905. The van der Waals surface area contributed by atoms with Crippen LogP contribution in [-0.2, 0) is 18.3 Å². The van der Waals surface area contributed by atoms with Crippen LogP contribution in [0.25, 0.3) is 0 Å². The van der Waals surface area contributed by atoms with Crippen LogP contribution in [0.15, 0.2) is 60.2 Å². The number of aliphatic hydroxyl groups is 1. The summed E-state index contributed by atoms with van der Waals surface area (Å²) in [4.78, 5) is 3.77. The topological polar surface area (TPSA) is 86.4 Å². The monoisotopic (exact) mass is 469 g/mol. The molecule has 3 rings (SSSR count). The number of nitrogens with zero attached hydrogens (tertiary/aromatic N) is 5. The third kappa shape index (κ3) is 5.90. The molecule has 176 valence electrons. The van der Waals surface area contributed by atoms with E-state index in [0.29, 0.717) is 6.07 Å². The molecular weight excluding hydrogens is 449 g/mol. The van der Waals surface area contributed by atoms with Gasteiger partial charge in [-0.15, -0.1) is 0 Å². The first-order valence-electron chi connectivity index (χ1n) is 9.57. The molecule has 2 aromatic carbocycles. The molecule has 12 heteroatoms. The van der Waals surface area contributed by atoms with Crippen molar-refractivity contribution in [3.05, 3.63) is 83.4 Å². The summed E-state index contributed by atoms with van der Waals surface area (Å²) in [6, 6.07) is 6.20. The highest BCUT2D eigenvalue weighted by atomic mass is 19.4. The summed E-state index contributed by atoms with van der Waals surface area (Å²) in [5.74, 6) is -2.68. The van der Waals surface area contributed by atoms with Gasteiger partial charge in [0, 0.05) is 11.6 Å². The van der Waals surface area contributed by atoms with Gasteiger partial charge in [0.2, 0.25) is 0 Å². The molecule has 0 saturated heterocycles. The molecule has 1 heterocycles. The molecule has 0 spiro atoms. The molecule has 0 aliphatic heterocycles. The molecule has 0 bridgehead atoms. The maximum atomic E-state index is 14.6. The minimum atomic E-state index is -4.55. The lowest BCUT2D eigenvalue weighted by atomic mass is 9.92. The smallest absolute Gasteiger partial charge is 0.416 e. The van der Waals surface area contributed by atoms with Crippen molar-refractivity contribution >= 4 is 5.90 Å². The van der Waals surface area contributed by atoms with Crippen molar-refractivity contribution in [1.82, 2.24) is 14.8 Å². The first-order valence-corrected chi connectivity index (χ1v) is 9.57. The van der Waals surface area contributed by atoms with Gasteiger partial charge in [0.05, 0.1) is 32.1 Å². The van der Waals surface area contributed by atoms with E-state index in [2.05, 4.69) is 15.2 Å². The molecule has 0 aliphatic rings. The van der Waals surface area contributed by atoms with E-state index < -0.39 is 39.5 Å². The standard InChI is InChI=1S/C21H20F5N5O2/c1-31(2,29-19(32)14-3-5-15(6-4-14)21(24,25)26)11-20(33,10-30-13-27-12-28-30)17-8-7-16(22)9-18(17)23/h3-9,12-13,33H,10-11H2,1-2H3. The summed E-state index contributed by atoms with van der Waals surface area (Å²) in [7, 11) is 2.88. The molecule has 7 nitrogen and oxygen atoms in total. The molecule has 3 aromatic rings. The van der Waals surface area contributed by atoms with Crippen LogP contribution < -0.4 is 5.11 Å². The minimum absolute atomic E-state index is 0.0954. The van der Waals surface area contributed by atoms with Gasteiger partial charge in [-0.3, -0.25) is 0 Å². The summed E-state index contributed by atoms with van der Waals surface area (Å²) in [6.07, 6.45) is -2.05. The van der Waals surface area contributed by atoms with Crippen LogP contribution in [0.1, 0.15) is 16.7 Å². The Morgan fingerprint density at radius 3 is 2.33 bits per heavy atom. The number of aromatic nitrogens is 3. The Labute approximate surface area is 185 Å². The van der Waals surface area contributed by atoms with E-state index in [4.69, 9.17) is 0 Å². The molecule has 0 saturated carbocycles. The zero-order valence-electron chi connectivity index (χ0n) is 17.6. The Hall–Kier alpha value is -3.38. The molecule has 0 amide bonds. The van der Waals surface area contributed by atoms with Gasteiger partial charge in [0.15, 0.2) is 5.60 Å². The summed E-state index contributed by atoms with van der Waals surface area (Å²) >= 11 is 0. The van der Waals surface area contributed by atoms with Gasteiger partial charge >= 0.3 is 6.18 Å². The summed E-state index contributed by atoms with van der Waals surface area (Å²) < 4.78 is 66.9. The summed E-state index contributed by atoms with van der Waals surface area (Å²) in [5.41, 5.74) is -3.26. The highest BCUT2D eigenvalue weighted by Crippen LogP contribution is 2.30. The third-order valence-corrected chi connectivity index (χ3v) is 4.79. The van der Waals surface area contributed by atoms with E-state index in [0.717, 1.165) is 36.4 Å². The van der Waals surface area contributed by atoms with Gasteiger partial charge in [0.1, 0.15) is 30.8 Å². The molecule has 1 aromatic heterocycles. The Morgan fingerprint density at radius 1 is 1.12 bits per heavy atom. The molecule has 33 heavy (non-hydrogen) atoms. The van der Waals surface area contributed by atoms with Crippen molar-refractivity contribution < 1.29 is 36.8 Å². The number of likely N-dealkylation sites (N-methyl/N-ethyl adjacent to an activating group) is 1. The zero-order chi connectivity index (χ0) is 24.4. The number of hydrogen-bond donors (Lipinski definition) is 1. The predicted octanol–water partition coefficient (Wildman–Crippen LogP) is 2.26. The van der Waals surface area contributed by atoms with Gasteiger partial charge < -0.3 is 10.2 Å². The fourth-order valence-electron chi connectivity index (χ4n) is 3.45. The van der Waals surface area contributed by atoms with Gasteiger partial charge in [-0.2, -0.15) is 18.3 Å². The SMILES string of the molecule is C[N+](C)(CC(O)(Cn1cncn1)c1ccc(F)cc1F)/N=C(\[O-])c1ccc(C(F)(F)F)cc1. The predicted molar refractivity (Wildman–Crippen MR) is 105 cm³/mol. The molecule has 0 radical (unpaired) electrons. The van der Waals surface area contributed by atoms with Crippen LogP contribution in [0, 0.1) is 11.6 Å². The minimum Gasteiger partial charge on any atom is -0.855 e. The fourth-order valence-corrected chi connectivity index (χ4v) is 3.45. The quantitative estimate of drug-likeness (QED) is 0.189. The Kier molecular flexibility index (Phi) is 6.52. The van der Waals surface area contributed by atoms with Gasteiger partial charge in [-0.1, -0.05) is 17.2 Å². The van der Waals surface area contributed by atoms with E-state index in [1.165, 1.54) is 31.4 Å². The van der Waals surface area contributed by atoms with E-state index >= 15 is 0 Å². The fraction of sp³-hybridized carbons (Fsp3) is 0.286. The molecule has 1 unspecified atom stereocenters. The summed E-state index contributed by atoms with van der Waals surface area (Å²) in [5, 5.41) is 31.9. The Bertz CT molecular complexity index is 1130. The van der Waals surface area contributed by atoms with Crippen LogP contribution in [0.4, 0.5) is 22.0 Å². The van der Waals surface area contributed by atoms with Crippen molar-refractivity contribution in [2.75, 3.05) is 20.6 Å². The maximum absolute atomic E-state index is 14.6. The van der Waals surface area contributed by atoms with Gasteiger partial charge in [-0.25, -0.2) is 23.0 Å². The first kappa shape index (κ1) is 24.3. The van der Waals surface area contributed by atoms with E-state index in [9.17, 15) is 32.2 Å². The van der Waals surface area contributed by atoms with Gasteiger partial charge in [-0.05, 0) is 29.8 Å². The number of benzene rings is 2. The molecule has 0 aliphatic carbocycles. The number of hydrogen-bond acceptors (Lipinski definition) is 5. The van der Waals surface area contributed by atoms with E-state index in [1.807, 2.05) is 0 Å². The molecule has 1 N–H and O–H groups in total. The van der Waals surface area contributed by atoms with Crippen LogP contribution in [0.3, 0.4) is 0 Å². The Morgan fingerprint density at radius 2 is 1.79 bits per heavy atom. The largest absolute Gasteiger partial charge is 0.855 e. The number of quaternary nitrogens is 1. The second kappa shape index (κ2) is 8.87. The molecule has 0 fully saturated rings. The summed E-state index contributed by atoms with van der Waals surface area (Å²) in [6.45, 7) is -0.650. The van der Waals surface area contributed by atoms with Crippen LogP contribution >= 0.6 is 0 Å². The second-order valence-corrected chi connectivity index (χ2v) is 8.01. The Balaban J connectivity index is 1.93. The average Bonchev–Trinajstić information content (AvgIpc) is 3.18. The maximum Gasteiger partial charge on any atom is 0.416 e. The molecular formula is C21H20F5N5O2. The third-order valence-electron chi connectivity index (χ3n) is 4.79. The lowest BCUT2D eigenvalue weighted by Gasteiger charge is -2.35. The lowest BCUT2D eigenvalue weighted by Crippen LogP contribution is -2.50. The van der Waals surface area contributed by atoms with Crippen molar-refractivity contribution in [3.63, 3.8) is 0 Å². The van der Waals surface area contributed by atoms with Crippen molar-refractivity contribution in [2.24, 2.45) is 5.10 Å². The average molecular weight is 469 g/mol. The first-order chi connectivity index (χ1) is 15.3. The number of rotatable bonds is 7. The molecule has 1 atom stereocenters. The van der Waals surface area contributed by atoms with E-state index in [1.54, 1.807) is 0 Å². The van der Waals surface area contributed by atoms with Crippen LogP contribution in [0.2, 0.25) is 0 Å². The zero-order valence-corrected chi connectivity index (χ0v) is 17.6. The highest BCUT2D eigenvalue weighted by molar-refractivity contribution is 5.90. The van der Waals surface area contributed by atoms with Crippen molar-refractivity contribution in [3.8, 4) is 0 Å². The van der Waals surface area contributed by atoms with Crippen LogP contribution in [0.5, 0.6) is 0 Å². The number of halogens is 5.